The molecule has 0 aromatic carbocycles. The van der Waals surface area contributed by atoms with Crippen molar-refractivity contribution in [3.63, 3.8) is 0 Å². The Kier molecular flexibility index (Phi) is 1.99. The van der Waals surface area contributed by atoms with Gasteiger partial charge in [-0.25, -0.2) is 9.97 Å². The number of hydrogen-bond acceptors (Lipinski definition) is 4. The van der Waals surface area contributed by atoms with Crippen molar-refractivity contribution < 1.29 is 4.79 Å². The molecule has 5 heteroatoms. The number of anilines is 1. The van der Waals surface area contributed by atoms with Crippen LogP contribution in [0.5, 0.6) is 0 Å². The van der Waals surface area contributed by atoms with Crippen LogP contribution < -0.4 is 5.01 Å². The van der Waals surface area contributed by atoms with Crippen LogP contribution >= 0.6 is 0 Å². The smallest absolute Gasteiger partial charge is 0.258 e. The lowest BCUT2D eigenvalue weighted by atomic mass is 10.1. The van der Waals surface area contributed by atoms with E-state index in [2.05, 4.69) is 15.1 Å². The lowest BCUT2D eigenvalue weighted by molar-refractivity contribution is -0.119. The summed E-state index contributed by atoms with van der Waals surface area (Å²) >= 11 is 0. The van der Waals surface area contributed by atoms with E-state index in [9.17, 15) is 4.79 Å². The summed E-state index contributed by atoms with van der Waals surface area (Å²) in [7, 11) is 0. The van der Waals surface area contributed by atoms with E-state index in [4.69, 9.17) is 0 Å². The fraction of sp³-hybridized carbons (Fsp3) is 0.333. The number of amides is 1. The summed E-state index contributed by atoms with van der Waals surface area (Å²) in [5.41, 5.74) is 0.794. The summed E-state index contributed by atoms with van der Waals surface area (Å²) in [5.74, 6) is 0.0914. The van der Waals surface area contributed by atoms with Crippen molar-refractivity contribution in [2.45, 2.75) is 13.8 Å². The topological polar surface area (TPSA) is 58.5 Å². The maximum Gasteiger partial charge on any atom is 0.258 e. The number of nitrogens with zero attached hydrogens (tertiary/aromatic N) is 4. The molecule has 0 N–H and O–H groups in total. The number of carbonyl (C=O) groups is 1. The van der Waals surface area contributed by atoms with Gasteiger partial charge in [-0.15, -0.1) is 0 Å². The zero-order valence-corrected chi connectivity index (χ0v) is 8.01. The van der Waals surface area contributed by atoms with Crippen LogP contribution in [0.25, 0.3) is 0 Å². The summed E-state index contributed by atoms with van der Waals surface area (Å²) in [5, 5.41) is 5.35. The molecule has 0 aliphatic carbocycles. The maximum atomic E-state index is 11.6. The zero-order valence-electron chi connectivity index (χ0n) is 8.01. The number of carbonyl (C=O) groups excluding carboxylic acids is 1. The summed E-state index contributed by atoms with van der Waals surface area (Å²) < 4.78 is 0. The van der Waals surface area contributed by atoms with Crippen LogP contribution in [0.2, 0.25) is 0 Å². The zero-order chi connectivity index (χ0) is 10.1. The van der Waals surface area contributed by atoms with E-state index in [1.54, 1.807) is 18.5 Å². The lowest BCUT2D eigenvalue weighted by Crippen LogP contribution is -2.26. The molecule has 72 valence electrons. The Balaban J connectivity index is 2.35. The van der Waals surface area contributed by atoms with Gasteiger partial charge in [-0.3, -0.25) is 4.79 Å². The summed E-state index contributed by atoms with van der Waals surface area (Å²) in [6, 6.07) is 1.70. The van der Waals surface area contributed by atoms with Crippen LogP contribution in [-0.2, 0) is 4.79 Å². The second kappa shape index (κ2) is 3.17. The monoisotopic (exact) mass is 190 g/mol. The molecule has 0 saturated carbocycles. The molecule has 1 aliphatic heterocycles. The average molecular weight is 190 g/mol. The molecular formula is C9H10N4O. The maximum absolute atomic E-state index is 11.6. The summed E-state index contributed by atoms with van der Waals surface area (Å²) in [6.45, 7) is 3.65. The number of hydrogen-bond donors (Lipinski definition) is 0. The van der Waals surface area contributed by atoms with Gasteiger partial charge in [0.05, 0.1) is 5.92 Å². The van der Waals surface area contributed by atoms with Gasteiger partial charge in [0, 0.05) is 18.1 Å². The van der Waals surface area contributed by atoms with E-state index in [1.807, 2.05) is 13.8 Å². The van der Waals surface area contributed by atoms with Gasteiger partial charge >= 0.3 is 0 Å². The molecule has 1 aromatic heterocycles. The van der Waals surface area contributed by atoms with Gasteiger partial charge in [0.15, 0.2) is 0 Å². The van der Waals surface area contributed by atoms with Crippen LogP contribution in [0.4, 0.5) is 5.95 Å². The molecule has 2 rings (SSSR count). The molecule has 1 unspecified atom stereocenters. The Morgan fingerprint density at radius 1 is 1.36 bits per heavy atom. The van der Waals surface area contributed by atoms with Gasteiger partial charge < -0.3 is 0 Å². The van der Waals surface area contributed by atoms with Crippen molar-refractivity contribution in [1.29, 1.82) is 0 Å². The molecule has 0 bridgehead atoms. The van der Waals surface area contributed by atoms with Gasteiger partial charge in [-0.05, 0) is 19.9 Å². The van der Waals surface area contributed by atoms with Crippen molar-refractivity contribution in [3.8, 4) is 0 Å². The molecule has 1 amide bonds. The minimum atomic E-state index is -0.168. The molecule has 0 fully saturated rings. The van der Waals surface area contributed by atoms with E-state index < -0.39 is 0 Å². The number of hydrazone groups is 1. The average Bonchev–Trinajstić information content (AvgIpc) is 2.47. The van der Waals surface area contributed by atoms with Crippen molar-refractivity contribution >= 4 is 17.6 Å². The van der Waals surface area contributed by atoms with Crippen molar-refractivity contribution in [2.24, 2.45) is 11.0 Å². The third kappa shape index (κ3) is 1.26. The molecule has 1 aliphatic rings. The Hall–Kier alpha value is -1.78. The highest BCUT2D eigenvalue weighted by Gasteiger charge is 2.31. The highest BCUT2D eigenvalue weighted by atomic mass is 16.2. The summed E-state index contributed by atoms with van der Waals surface area (Å²) in [6.07, 6.45) is 3.17. The fourth-order valence-electron chi connectivity index (χ4n) is 1.20. The molecule has 2 heterocycles. The highest BCUT2D eigenvalue weighted by Crippen LogP contribution is 2.18. The molecule has 14 heavy (non-hydrogen) atoms. The van der Waals surface area contributed by atoms with Gasteiger partial charge in [0.25, 0.3) is 11.9 Å². The van der Waals surface area contributed by atoms with Crippen LogP contribution in [0.1, 0.15) is 13.8 Å². The van der Waals surface area contributed by atoms with E-state index in [1.165, 1.54) is 5.01 Å². The number of rotatable bonds is 1. The standard InChI is InChI=1S/C9H10N4O/c1-6-7(2)12-13(8(6)14)9-10-4-3-5-11-9/h3-6H,1-2H3. The third-order valence-electron chi connectivity index (χ3n) is 2.21. The minimum absolute atomic E-state index is 0.0753. The van der Waals surface area contributed by atoms with Gasteiger partial charge in [-0.1, -0.05) is 0 Å². The Labute approximate surface area is 81.5 Å². The normalized spacial score (nSPS) is 21.3. The fourth-order valence-corrected chi connectivity index (χ4v) is 1.20. The molecule has 0 radical (unpaired) electrons. The molecule has 1 atom stereocenters. The SMILES string of the molecule is CC1=NN(c2ncccn2)C(=O)C1C. The minimum Gasteiger partial charge on any atom is -0.272 e. The van der Waals surface area contributed by atoms with Gasteiger partial charge in [0.2, 0.25) is 0 Å². The van der Waals surface area contributed by atoms with Gasteiger partial charge in [0.1, 0.15) is 0 Å². The van der Waals surface area contributed by atoms with Crippen molar-refractivity contribution in [2.75, 3.05) is 5.01 Å². The van der Waals surface area contributed by atoms with Crippen LogP contribution in [0.3, 0.4) is 0 Å². The first-order valence-electron chi connectivity index (χ1n) is 4.36. The first-order valence-corrected chi connectivity index (χ1v) is 4.36. The second-order valence-corrected chi connectivity index (χ2v) is 3.16. The van der Waals surface area contributed by atoms with Crippen LogP contribution in [-0.4, -0.2) is 21.6 Å². The predicted octanol–water partition coefficient (Wildman–Crippen LogP) is 0.835. The molecule has 0 spiro atoms. The molecule has 0 saturated heterocycles. The van der Waals surface area contributed by atoms with Crippen molar-refractivity contribution in [1.82, 2.24) is 9.97 Å². The van der Waals surface area contributed by atoms with E-state index in [0.29, 0.717) is 5.95 Å². The Morgan fingerprint density at radius 2 is 2.00 bits per heavy atom. The third-order valence-corrected chi connectivity index (χ3v) is 2.21. The lowest BCUT2D eigenvalue weighted by Gasteiger charge is -2.08. The van der Waals surface area contributed by atoms with E-state index in [0.717, 1.165) is 5.71 Å². The highest BCUT2D eigenvalue weighted by molar-refractivity contribution is 6.13. The quantitative estimate of drug-likeness (QED) is 0.659. The Morgan fingerprint density at radius 3 is 2.50 bits per heavy atom. The van der Waals surface area contributed by atoms with Crippen molar-refractivity contribution in [3.05, 3.63) is 18.5 Å². The van der Waals surface area contributed by atoms with Gasteiger partial charge in [-0.2, -0.15) is 10.1 Å². The summed E-state index contributed by atoms with van der Waals surface area (Å²) in [4.78, 5) is 19.6. The largest absolute Gasteiger partial charge is 0.272 e. The van der Waals surface area contributed by atoms with E-state index in [-0.39, 0.29) is 11.8 Å². The molecular weight excluding hydrogens is 180 g/mol. The first kappa shape index (κ1) is 8.80. The predicted molar refractivity (Wildman–Crippen MR) is 51.8 cm³/mol. The Bertz CT molecular complexity index is 387. The van der Waals surface area contributed by atoms with Crippen LogP contribution in [0.15, 0.2) is 23.6 Å². The first-order chi connectivity index (χ1) is 6.70. The van der Waals surface area contributed by atoms with Crippen LogP contribution in [0, 0.1) is 5.92 Å². The number of aromatic nitrogens is 2. The molecule has 1 aromatic rings. The van der Waals surface area contributed by atoms with E-state index >= 15 is 0 Å². The molecule has 5 nitrogen and oxygen atoms in total. The second-order valence-electron chi connectivity index (χ2n) is 3.16.